The Labute approximate surface area is 85.1 Å². The van der Waals surface area contributed by atoms with Crippen LogP contribution in [0.3, 0.4) is 0 Å². The molecule has 1 aromatic carbocycles. The highest BCUT2D eigenvalue weighted by Crippen LogP contribution is 2.19. The predicted molar refractivity (Wildman–Crippen MR) is 56.9 cm³/mol. The van der Waals surface area contributed by atoms with E-state index >= 15 is 0 Å². The first-order valence-corrected chi connectivity index (χ1v) is 5.03. The van der Waals surface area contributed by atoms with Gasteiger partial charge in [-0.05, 0) is 18.9 Å². The van der Waals surface area contributed by atoms with E-state index in [0.717, 1.165) is 19.4 Å². The Bertz CT molecular complexity index is 370. The number of aryl methyl sites for hydroxylation is 1. The second-order valence-corrected chi connectivity index (χ2v) is 3.59. The average molecular weight is 186 g/mol. The first-order chi connectivity index (χ1) is 6.86. The molecule has 1 aliphatic heterocycles. The van der Waals surface area contributed by atoms with Gasteiger partial charge >= 0.3 is 0 Å². The van der Waals surface area contributed by atoms with Crippen LogP contribution in [0.15, 0.2) is 24.3 Å². The van der Waals surface area contributed by atoms with Crippen LogP contribution in [0.5, 0.6) is 0 Å². The van der Waals surface area contributed by atoms with Crippen LogP contribution in [0, 0.1) is 18.8 Å². The molecule has 0 spiro atoms. The Morgan fingerprint density at radius 2 is 2.36 bits per heavy atom. The first kappa shape index (κ1) is 9.30. The van der Waals surface area contributed by atoms with Crippen LogP contribution in [-0.2, 0) is 4.74 Å². The van der Waals surface area contributed by atoms with Crippen LogP contribution < -0.4 is 0 Å². The Balaban J connectivity index is 2.23. The lowest BCUT2D eigenvalue weighted by atomic mass is 10.1. The Morgan fingerprint density at radius 1 is 1.43 bits per heavy atom. The fourth-order valence-corrected chi connectivity index (χ4v) is 1.58. The maximum Gasteiger partial charge on any atom is 0.143 e. The van der Waals surface area contributed by atoms with Gasteiger partial charge < -0.3 is 4.74 Å². The maximum atomic E-state index is 5.67. The minimum Gasteiger partial charge on any atom is -0.361 e. The van der Waals surface area contributed by atoms with Gasteiger partial charge in [-0.15, -0.1) is 5.92 Å². The minimum atomic E-state index is -0.0163. The highest BCUT2D eigenvalue weighted by molar-refractivity contribution is 5.29. The smallest absolute Gasteiger partial charge is 0.143 e. The standard InChI is InChI=1S/C13H14O/c1-11-6-5-7-12(10-11)13-8-3-2-4-9-14-13/h5-7,10,13H,2,4,9H2,1H3/t13-/m0/s1. The molecule has 0 N–H and O–H groups in total. The summed E-state index contributed by atoms with van der Waals surface area (Å²) in [6.07, 6.45) is 2.00. The second-order valence-electron chi connectivity index (χ2n) is 3.59. The number of ether oxygens (including phenoxy) is 1. The third kappa shape index (κ3) is 2.16. The summed E-state index contributed by atoms with van der Waals surface area (Å²) < 4.78 is 5.67. The number of hydrogen-bond donors (Lipinski definition) is 0. The topological polar surface area (TPSA) is 9.23 Å². The summed E-state index contributed by atoms with van der Waals surface area (Å²) in [5, 5.41) is 0. The van der Waals surface area contributed by atoms with Gasteiger partial charge in [-0.3, -0.25) is 0 Å². The number of rotatable bonds is 1. The van der Waals surface area contributed by atoms with E-state index < -0.39 is 0 Å². The van der Waals surface area contributed by atoms with Gasteiger partial charge in [0.1, 0.15) is 6.10 Å². The quantitative estimate of drug-likeness (QED) is 0.613. The van der Waals surface area contributed by atoms with E-state index in [1.807, 2.05) is 0 Å². The lowest BCUT2D eigenvalue weighted by Gasteiger charge is -2.11. The normalized spacial score (nSPS) is 20.8. The third-order valence-electron chi connectivity index (χ3n) is 2.31. The lowest BCUT2D eigenvalue weighted by molar-refractivity contribution is 0.0933. The third-order valence-corrected chi connectivity index (χ3v) is 2.31. The van der Waals surface area contributed by atoms with Crippen LogP contribution in [0.25, 0.3) is 0 Å². The van der Waals surface area contributed by atoms with Crippen molar-refractivity contribution in [2.45, 2.75) is 25.9 Å². The van der Waals surface area contributed by atoms with Crippen LogP contribution in [0.2, 0.25) is 0 Å². The summed E-state index contributed by atoms with van der Waals surface area (Å²) in [7, 11) is 0. The lowest BCUT2D eigenvalue weighted by Crippen LogP contribution is -2.01. The second kappa shape index (κ2) is 4.30. The molecule has 0 bridgehead atoms. The van der Waals surface area contributed by atoms with Crippen molar-refractivity contribution in [2.75, 3.05) is 6.61 Å². The first-order valence-electron chi connectivity index (χ1n) is 5.03. The van der Waals surface area contributed by atoms with Gasteiger partial charge in [-0.25, -0.2) is 0 Å². The molecule has 1 nitrogen and oxygen atoms in total. The molecule has 1 atom stereocenters. The van der Waals surface area contributed by atoms with E-state index in [-0.39, 0.29) is 6.10 Å². The van der Waals surface area contributed by atoms with Gasteiger partial charge in [0, 0.05) is 13.0 Å². The SMILES string of the molecule is Cc1cccc([C@@H]2C#CCCCO2)c1. The van der Waals surface area contributed by atoms with Gasteiger partial charge in [0.2, 0.25) is 0 Å². The molecular formula is C13H14O. The maximum absolute atomic E-state index is 5.67. The van der Waals surface area contributed by atoms with E-state index in [4.69, 9.17) is 4.74 Å². The molecule has 0 saturated carbocycles. The summed E-state index contributed by atoms with van der Waals surface area (Å²) in [4.78, 5) is 0. The van der Waals surface area contributed by atoms with Crippen LogP contribution in [0.1, 0.15) is 30.1 Å². The van der Waals surface area contributed by atoms with Gasteiger partial charge in [0.25, 0.3) is 0 Å². The van der Waals surface area contributed by atoms with Crippen LogP contribution in [0.4, 0.5) is 0 Å². The minimum absolute atomic E-state index is 0.0163. The Morgan fingerprint density at radius 3 is 3.21 bits per heavy atom. The molecule has 14 heavy (non-hydrogen) atoms. The fourth-order valence-electron chi connectivity index (χ4n) is 1.58. The molecule has 0 amide bonds. The van der Waals surface area contributed by atoms with Gasteiger partial charge in [-0.1, -0.05) is 35.7 Å². The Kier molecular flexibility index (Phi) is 2.86. The van der Waals surface area contributed by atoms with Gasteiger partial charge in [0.05, 0.1) is 0 Å². The van der Waals surface area contributed by atoms with Crippen molar-refractivity contribution in [3.05, 3.63) is 35.4 Å². The molecule has 72 valence electrons. The van der Waals surface area contributed by atoms with E-state index in [2.05, 4.69) is 43.0 Å². The van der Waals surface area contributed by atoms with Gasteiger partial charge in [0.15, 0.2) is 0 Å². The summed E-state index contributed by atoms with van der Waals surface area (Å²) in [6, 6.07) is 8.37. The molecule has 0 aliphatic carbocycles. The molecule has 0 unspecified atom stereocenters. The molecule has 1 aliphatic rings. The molecule has 0 saturated heterocycles. The summed E-state index contributed by atoms with van der Waals surface area (Å²) in [6.45, 7) is 2.90. The number of hydrogen-bond acceptors (Lipinski definition) is 1. The fraction of sp³-hybridized carbons (Fsp3) is 0.385. The molecular weight excluding hydrogens is 172 g/mol. The zero-order chi connectivity index (χ0) is 9.80. The zero-order valence-electron chi connectivity index (χ0n) is 8.42. The van der Waals surface area contributed by atoms with E-state index in [0.29, 0.717) is 0 Å². The highest BCUT2D eigenvalue weighted by Gasteiger charge is 2.09. The molecule has 0 radical (unpaired) electrons. The molecule has 0 aromatic heterocycles. The van der Waals surface area contributed by atoms with Crippen molar-refractivity contribution in [1.29, 1.82) is 0 Å². The van der Waals surface area contributed by atoms with E-state index in [9.17, 15) is 0 Å². The van der Waals surface area contributed by atoms with E-state index in [1.54, 1.807) is 0 Å². The summed E-state index contributed by atoms with van der Waals surface area (Å²) in [5.74, 6) is 6.29. The monoisotopic (exact) mass is 186 g/mol. The van der Waals surface area contributed by atoms with Crippen molar-refractivity contribution >= 4 is 0 Å². The molecule has 1 heterocycles. The summed E-state index contributed by atoms with van der Waals surface area (Å²) in [5.41, 5.74) is 2.44. The molecule has 1 heteroatoms. The van der Waals surface area contributed by atoms with Gasteiger partial charge in [-0.2, -0.15) is 0 Å². The predicted octanol–water partition coefficient (Wildman–Crippen LogP) is 2.85. The van der Waals surface area contributed by atoms with Crippen molar-refractivity contribution in [2.24, 2.45) is 0 Å². The number of benzene rings is 1. The van der Waals surface area contributed by atoms with Crippen LogP contribution in [-0.4, -0.2) is 6.61 Å². The van der Waals surface area contributed by atoms with Crippen LogP contribution >= 0.6 is 0 Å². The largest absolute Gasteiger partial charge is 0.361 e. The molecule has 0 fully saturated rings. The zero-order valence-corrected chi connectivity index (χ0v) is 8.42. The highest BCUT2D eigenvalue weighted by atomic mass is 16.5. The van der Waals surface area contributed by atoms with Crippen molar-refractivity contribution in [3.8, 4) is 11.8 Å². The molecule has 1 aromatic rings. The Hall–Kier alpha value is -1.26. The molecule has 2 rings (SSSR count). The summed E-state index contributed by atoms with van der Waals surface area (Å²) >= 11 is 0. The van der Waals surface area contributed by atoms with E-state index in [1.165, 1.54) is 11.1 Å². The van der Waals surface area contributed by atoms with Crippen molar-refractivity contribution in [1.82, 2.24) is 0 Å². The van der Waals surface area contributed by atoms with Crippen molar-refractivity contribution < 1.29 is 4.74 Å². The average Bonchev–Trinajstić information content (AvgIpc) is 2.45. The van der Waals surface area contributed by atoms with Crippen molar-refractivity contribution in [3.63, 3.8) is 0 Å².